The van der Waals surface area contributed by atoms with Gasteiger partial charge >= 0.3 is 0 Å². The molecule has 8 amide bonds. The van der Waals surface area contributed by atoms with E-state index in [-0.39, 0.29) is 71.4 Å². The number of nitrogens with zero attached hydrogens (tertiary/aromatic N) is 4. The monoisotopic (exact) mass is 1570 g/mol. The number of amides is 8. The van der Waals surface area contributed by atoms with Gasteiger partial charge in [0.25, 0.3) is 47.3 Å². The summed E-state index contributed by atoms with van der Waals surface area (Å²) in [7, 11) is 0. The second kappa shape index (κ2) is 33.7. The number of carbonyl (C=O) groups is 8. The number of fused-ring (bicyclic) bond motifs is 6. The Balaban J connectivity index is 0.968. The van der Waals surface area contributed by atoms with E-state index >= 15 is 38.4 Å². The Morgan fingerprint density at radius 2 is 0.381 bits per heavy atom. The van der Waals surface area contributed by atoms with Crippen molar-refractivity contribution in [2.75, 3.05) is 0 Å². The highest BCUT2D eigenvalue weighted by molar-refractivity contribution is 6.47. The molecule has 13 aromatic rings. The van der Waals surface area contributed by atoms with Crippen LogP contribution >= 0.6 is 0 Å². The summed E-state index contributed by atoms with van der Waals surface area (Å²) in [4.78, 5) is 134. The third kappa shape index (κ3) is 13.0. The van der Waals surface area contributed by atoms with Gasteiger partial charge in [0.15, 0.2) is 0 Å². The van der Waals surface area contributed by atoms with E-state index in [0.717, 1.165) is 288 Å². The smallest absolute Gasteiger partial charge is 0.261 e. The summed E-state index contributed by atoms with van der Waals surface area (Å²) < 4.78 is 0. The molecule has 4 heterocycles. The SMILES string of the molecule is CCCCCC(CCCCC)N1C(=O)c2ccc3c4ccc5c6c(cc(-c7c8ccccc8c(-c8cc9c%10c(ccc%11c%12ccc%13c%14c(ccc(c8c%10%11)c%14%12)C(=O)N(C(CCCCC)CCCCC)C%13=O)C(=O)N(C(CCCCC)CCCCC)C9=O)c8ccccc78)c(c7ccc(c2c37)C1=O)c64)C(=O)N(C(CCCCC)CCCCC)C5=O. The molecule has 606 valence electrons. The molecule has 4 aliphatic rings. The molecule has 0 unspecified atom stereocenters. The van der Waals surface area contributed by atoms with Crippen molar-refractivity contribution in [1.82, 2.24) is 19.6 Å². The van der Waals surface area contributed by atoms with Crippen molar-refractivity contribution in [3.63, 3.8) is 0 Å². The van der Waals surface area contributed by atoms with Gasteiger partial charge in [-0.3, -0.25) is 58.0 Å². The molecule has 0 bridgehead atoms. The molecule has 0 aromatic heterocycles. The van der Waals surface area contributed by atoms with E-state index in [1.807, 2.05) is 60.7 Å². The molecule has 0 fully saturated rings. The van der Waals surface area contributed by atoms with Crippen molar-refractivity contribution >= 4 is 155 Å². The summed E-state index contributed by atoms with van der Waals surface area (Å²) in [5.41, 5.74) is 6.92. The van der Waals surface area contributed by atoms with Gasteiger partial charge in [-0.25, -0.2) is 0 Å². The summed E-state index contributed by atoms with van der Waals surface area (Å²) >= 11 is 0. The van der Waals surface area contributed by atoms with Crippen LogP contribution in [0.4, 0.5) is 0 Å². The van der Waals surface area contributed by atoms with Crippen molar-refractivity contribution in [2.45, 2.75) is 285 Å². The Labute approximate surface area is 694 Å². The molecule has 12 nitrogen and oxygen atoms in total. The van der Waals surface area contributed by atoms with Crippen LogP contribution in [0.2, 0.25) is 0 Å². The predicted molar refractivity (Wildman–Crippen MR) is 485 cm³/mol. The maximum atomic E-state index is 16.6. The molecule has 118 heavy (non-hydrogen) atoms. The third-order valence-corrected chi connectivity index (χ3v) is 27.7. The van der Waals surface area contributed by atoms with E-state index in [9.17, 15) is 0 Å². The number of benzene rings is 13. The third-order valence-electron chi connectivity index (χ3n) is 27.7. The second-order valence-corrected chi connectivity index (χ2v) is 35.0. The van der Waals surface area contributed by atoms with Crippen molar-refractivity contribution in [2.24, 2.45) is 0 Å². The van der Waals surface area contributed by atoms with Gasteiger partial charge in [-0.2, -0.15) is 0 Å². The standard InChI is InChI=1S/C106H114N4O8/c1-9-17-25-37-63(38-26-18-10-2)107-99(111)77-55-49-71-73-51-57-81-95-85(105(117)109(103(81)115)65(41-29-21-13-5)42-30-22-14-6)61-83(91(97(73)95)75-53-59-79(101(107)113)93(77)89(71)75)87-67-45-33-35-47-69(67)88(70-48-36-34-46-68(70)87)84-62-86-96-82(104(116)110(106(86)118)66(43-31-23-15-7)44-32-24-16-8)58-52-74-72-50-56-78-94-80(60-54-76(90(72)94)92(84)98(74)96)102(114)108(100(78)112)64(39-27-19-11-3)40-28-20-12-4/h33-36,45-66H,9-32,37-44H2,1-8H3. The highest BCUT2D eigenvalue weighted by Gasteiger charge is 2.45. The molecule has 0 radical (unpaired) electrons. The lowest BCUT2D eigenvalue weighted by atomic mass is 9.76. The minimum atomic E-state index is -0.334. The molecule has 0 aliphatic carbocycles. The Bertz CT molecular complexity index is 5710. The first-order chi connectivity index (χ1) is 57.7. The molecular formula is C106H114N4O8. The number of hydrogen-bond acceptors (Lipinski definition) is 8. The van der Waals surface area contributed by atoms with Gasteiger partial charge in [-0.05, 0) is 208 Å². The predicted octanol–water partition coefficient (Wildman–Crippen LogP) is 27.9. The molecule has 0 N–H and O–H groups in total. The largest absolute Gasteiger partial charge is 0.271 e. The van der Waals surface area contributed by atoms with Gasteiger partial charge in [0.05, 0.1) is 0 Å². The van der Waals surface area contributed by atoms with E-state index in [4.69, 9.17) is 0 Å². The first kappa shape index (κ1) is 80.0. The number of imide groups is 4. The number of rotatable bonds is 38. The zero-order chi connectivity index (χ0) is 81.9. The zero-order valence-corrected chi connectivity index (χ0v) is 70.7. The fourth-order valence-electron chi connectivity index (χ4n) is 21.9. The Kier molecular flexibility index (Phi) is 22.9. The van der Waals surface area contributed by atoms with Crippen molar-refractivity contribution < 1.29 is 38.4 Å². The van der Waals surface area contributed by atoms with Crippen LogP contribution in [0.5, 0.6) is 0 Å². The van der Waals surface area contributed by atoms with Gasteiger partial charge in [-0.15, -0.1) is 0 Å². The average Bonchev–Trinajstić information content (AvgIpc) is 0.679. The van der Waals surface area contributed by atoms with Gasteiger partial charge in [0, 0.05) is 90.2 Å². The fourth-order valence-corrected chi connectivity index (χ4v) is 21.9. The molecule has 12 heteroatoms. The zero-order valence-electron chi connectivity index (χ0n) is 70.7. The first-order valence-electron chi connectivity index (χ1n) is 45.7. The van der Waals surface area contributed by atoms with Crippen LogP contribution in [0.3, 0.4) is 0 Å². The maximum absolute atomic E-state index is 16.6. The molecule has 0 atom stereocenters. The van der Waals surface area contributed by atoms with Crippen molar-refractivity contribution in [1.29, 1.82) is 0 Å². The number of unbranched alkanes of at least 4 members (excludes halogenated alkanes) is 16. The van der Waals surface area contributed by atoms with Crippen LogP contribution in [-0.4, -0.2) is 91.0 Å². The quantitative estimate of drug-likeness (QED) is 0.0161. The molecule has 4 aliphatic heterocycles. The lowest BCUT2D eigenvalue weighted by Gasteiger charge is -2.36. The average molecular weight is 1570 g/mol. The van der Waals surface area contributed by atoms with Gasteiger partial charge < -0.3 is 0 Å². The van der Waals surface area contributed by atoms with Crippen LogP contribution in [-0.2, 0) is 0 Å². The van der Waals surface area contributed by atoms with Crippen molar-refractivity contribution in [3.05, 3.63) is 178 Å². The van der Waals surface area contributed by atoms with Gasteiger partial charge in [0.2, 0.25) is 0 Å². The van der Waals surface area contributed by atoms with Crippen LogP contribution in [0, 0.1) is 0 Å². The summed E-state index contributed by atoms with van der Waals surface area (Å²) in [6.45, 7) is 17.4. The second-order valence-electron chi connectivity index (χ2n) is 35.0. The summed E-state index contributed by atoms with van der Waals surface area (Å²) in [5.74, 6) is -2.37. The highest BCUT2D eigenvalue weighted by atomic mass is 16.2. The number of hydrogen-bond donors (Lipinski definition) is 0. The van der Waals surface area contributed by atoms with E-state index in [0.29, 0.717) is 91.7 Å². The van der Waals surface area contributed by atoms with E-state index < -0.39 is 0 Å². The summed E-state index contributed by atoms with van der Waals surface area (Å²) in [6.07, 6.45) is 28.8. The Hall–Kier alpha value is -10.5. The van der Waals surface area contributed by atoms with Gasteiger partial charge in [0.1, 0.15) is 0 Å². The maximum Gasteiger partial charge on any atom is 0.261 e. The molecule has 0 saturated carbocycles. The fraction of sp³-hybridized carbons (Fsp3) is 0.415. The van der Waals surface area contributed by atoms with Crippen LogP contribution in [0.15, 0.2) is 133 Å². The minimum absolute atomic E-state index is 0.260. The van der Waals surface area contributed by atoms with E-state index in [1.54, 1.807) is 19.6 Å². The van der Waals surface area contributed by atoms with Crippen LogP contribution in [0.1, 0.15) is 344 Å². The lowest BCUT2D eigenvalue weighted by Crippen LogP contribution is -2.47. The van der Waals surface area contributed by atoms with E-state index in [2.05, 4.69) is 128 Å². The highest BCUT2D eigenvalue weighted by Crippen LogP contribution is 2.57. The minimum Gasteiger partial charge on any atom is -0.271 e. The van der Waals surface area contributed by atoms with Crippen molar-refractivity contribution in [3.8, 4) is 22.3 Å². The normalized spacial score (nSPS) is 14.5. The van der Waals surface area contributed by atoms with E-state index in [1.165, 1.54) is 0 Å². The lowest BCUT2D eigenvalue weighted by molar-refractivity contribution is 0.0501. The molecule has 0 saturated heterocycles. The molecule has 0 spiro atoms. The molecular weight excluding hydrogens is 1460 g/mol. The van der Waals surface area contributed by atoms with Crippen LogP contribution in [0.25, 0.3) is 130 Å². The van der Waals surface area contributed by atoms with Gasteiger partial charge in [-0.1, -0.05) is 294 Å². The first-order valence-corrected chi connectivity index (χ1v) is 45.7. The topological polar surface area (TPSA) is 150 Å². The summed E-state index contributed by atoms with van der Waals surface area (Å²) in [6, 6.07) is 43.7. The number of carbonyl (C=O) groups excluding carboxylic acids is 8. The van der Waals surface area contributed by atoms with Crippen LogP contribution < -0.4 is 0 Å². The molecule has 17 rings (SSSR count). The summed E-state index contributed by atoms with van der Waals surface area (Å²) in [5, 5.41) is 15.3. The Morgan fingerprint density at radius 3 is 0.602 bits per heavy atom. The molecule has 13 aromatic carbocycles. The Morgan fingerprint density at radius 1 is 0.186 bits per heavy atom.